The van der Waals surface area contributed by atoms with Crippen molar-refractivity contribution in [3.8, 4) is 11.1 Å². The number of fused-ring (bicyclic) bond motifs is 3. The lowest BCUT2D eigenvalue weighted by Crippen LogP contribution is -2.51. The molecule has 184 valence electrons. The number of ether oxygens (including phenoxy) is 3. The maximum atomic E-state index is 13.1. The number of carbonyl (C=O) groups excluding carboxylic acids is 2. The van der Waals surface area contributed by atoms with Crippen molar-refractivity contribution in [1.82, 2.24) is 10.2 Å². The minimum atomic E-state index is -0.997. The molecule has 9 nitrogen and oxygen atoms in total. The molecule has 2 heterocycles. The summed E-state index contributed by atoms with van der Waals surface area (Å²) in [6.07, 6.45) is -0.615. The molecule has 2 aliphatic heterocycles. The summed E-state index contributed by atoms with van der Waals surface area (Å²) in [4.78, 5) is 38.7. The highest BCUT2D eigenvalue weighted by atomic mass is 16.5. The summed E-state index contributed by atoms with van der Waals surface area (Å²) >= 11 is 0. The molecule has 2 amide bonds. The molecule has 9 heteroatoms. The van der Waals surface area contributed by atoms with Gasteiger partial charge in [-0.2, -0.15) is 0 Å². The number of amides is 2. The molecule has 3 aliphatic rings. The third-order valence-electron chi connectivity index (χ3n) is 7.26. The number of rotatable bonds is 6. The molecule has 2 N–H and O–H groups in total. The van der Waals surface area contributed by atoms with Crippen LogP contribution < -0.4 is 5.32 Å². The lowest BCUT2D eigenvalue weighted by atomic mass is 9.98. The Kier molecular flexibility index (Phi) is 6.44. The Morgan fingerprint density at radius 3 is 2.20 bits per heavy atom. The number of benzene rings is 2. The summed E-state index contributed by atoms with van der Waals surface area (Å²) in [7, 11) is 1.57. The van der Waals surface area contributed by atoms with Crippen LogP contribution in [0.1, 0.15) is 17.0 Å². The fourth-order valence-electron chi connectivity index (χ4n) is 5.32. The van der Waals surface area contributed by atoms with Crippen LogP contribution in [0.5, 0.6) is 0 Å². The van der Waals surface area contributed by atoms with Crippen molar-refractivity contribution in [3.63, 3.8) is 0 Å². The van der Waals surface area contributed by atoms with Gasteiger partial charge in [-0.25, -0.2) is 4.79 Å². The largest absolute Gasteiger partial charge is 0.481 e. The van der Waals surface area contributed by atoms with Gasteiger partial charge in [-0.3, -0.25) is 9.59 Å². The lowest BCUT2D eigenvalue weighted by molar-refractivity contribution is -0.145. The summed E-state index contributed by atoms with van der Waals surface area (Å²) in [6, 6.07) is 15.1. The monoisotopic (exact) mass is 480 g/mol. The van der Waals surface area contributed by atoms with Gasteiger partial charge in [0.1, 0.15) is 12.5 Å². The van der Waals surface area contributed by atoms with Crippen LogP contribution in [0.15, 0.2) is 48.5 Å². The first-order valence-corrected chi connectivity index (χ1v) is 11.7. The zero-order chi connectivity index (χ0) is 24.5. The minimum absolute atomic E-state index is 0.0631. The van der Waals surface area contributed by atoms with Gasteiger partial charge in [-0.1, -0.05) is 48.5 Å². The molecule has 2 saturated heterocycles. The third-order valence-corrected chi connectivity index (χ3v) is 7.26. The fraction of sp³-hybridized carbons (Fsp3) is 0.423. The summed E-state index contributed by atoms with van der Waals surface area (Å²) in [5, 5.41) is 12.2. The fourth-order valence-corrected chi connectivity index (χ4v) is 5.32. The van der Waals surface area contributed by atoms with Crippen molar-refractivity contribution in [2.45, 2.75) is 18.0 Å². The number of nitrogens with one attached hydrogen (secondary N) is 1. The molecule has 2 fully saturated rings. The smallest absolute Gasteiger partial charge is 0.407 e. The summed E-state index contributed by atoms with van der Waals surface area (Å²) in [5.41, 5.74) is 4.52. The van der Waals surface area contributed by atoms with Gasteiger partial charge in [0.15, 0.2) is 0 Å². The van der Waals surface area contributed by atoms with E-state index in [9.17, 15) is 19.5 Å². The number of carboxylic acid groups (broad SMARTS) is 1. The molecular formula is C26H28N2O7. The first kappa shape index (κ1) is 23.3. The van der Waals surface area contributed by atoms with E-state index < -0.39 is 36.0 Å². The van der Waals surface area contributed by atoms with Crippen LogP contribution >= 0.6 is 0 Å². The molecule has 1 aliphatic carbocycles. The van der Waals surface area contributed by atoms with E-state index in [0.717, 1.165) is 22.3 Å². The van der Waals surface area contributed by atoms with E-state index in [0.29, 0.717) is 0 Å². The Hall–Kier alpha value is -3.43. The van der Waals surface area contributed by atoms with Gasteiger partial charge in [-0.05, 0) is 22.3 Å². The maximum Gasteiger partial charge on any atom is 0.407 e. The van der Waals surface area contributed by atoms with Crippen LogP contribution in [0.25, 0.3) is 11.1 Å². The second-order valence-electron chi connectivity index (χ2n) is 9.22. The average Bonchev–Trinajstić information content (AvgIpc) is 3.60. The number of alkyl carbamates (subject to hydrolysis) is 1. The molecule has 5 rings (SSSR count). The molecule has 35 heavy (non-hydrogen) atoms. The molecule has 2 aromatic carbocycles. The average molecular weight is 481 g/mol. The SMILES string of the molecule is CN(C(=O)C1COCC1NC(=O)OCC1c2ccccc2-c2ccccc21)C1COCC1C(=O)O. The quantitative estimate of drug-likeness (QED) is 0.651. The maximum absolute atomic E-state index is 13.1. The molecule has 0 aromatic heterocycles. The Morgan fingerprint density at radius 1 is 0.943 bits per heavy atom. The van der Waals surface area contributed by atoms with Crippen molar-refractivity contribution in [3.05, 3.63) is 59.7 Å². The number of aliphatic carboxylic acids is 1. The topological polar surface area (TPSA) is 114 Å². The Labute approximate surface area is 203 Å². The number of carboxylic acids is 1. The summed E-state index contributed by atoms with van der Waals surface area (Å²) in [6.45, 7) is 0.726. The minimum Gasteiger partial charge on any atom is -0.481 e. The first-order valence-electron chi connectivity index (χ1n) is 11.7. The van der Waals surface area contributed by atoms with Crippen LogP contribution in [0.4, 0.5) is 4.79 Å². The third kappa shape index (κ3) is 4.37. The second kappa shape index (κ2) is 9.67. The van der Waals surface area contributed by atoms with Crippen LogP contribution in [0.2, 0.25) is 0 Å². The first-order chi connectivity index (χ1) is 17.0. The van der Waals surface area contributed by atoms with Gasteiger partial charge in [-0.15, -0.1) is 0 Å². The number of hydrogen-bond donors (Lipinski definition) is 2. The van der Waals surface area contributed by atoms with E-state index >= 15 is 0 Å². The van der Waals surface area contributed by atoms with E-state index in [-0.39, 0.29) is 44.9 Å². The summed E-state index contributed by atoms with van der Waals surface area (Å²) < 4.78 is 16.4. The van der Waals surface area contributed by atoms with E-state index in [1.165, 1.54) is 4.90 Å². The molecule has 0 radical (unpaired) electrons. The van der Waals surface area contributed by atoms with Crippen LogP contribution in [-0.4, -0.2) is 80.1 Å². The van der Waals surface area contributed by atoms with Gasteiger partial charge in [0.05, 0.1) is 44.4 Å². The lowest BCUT2D eigenvalue weighted by Gasteiger charge is -2.30. The number of carbonyl (C=O) groups is 3. The molecule has 0 spiro atoms. The van der Waals surface area contributed by atoms with Crippen molar-refractivity contribution < 1.29 is 33.7 Å². The number of nitrogens with zero attached hydrogens (tertiary/aromatic N) is 1. The second-order valence-corrected chi connectivity index (χ2v) is 9.22. The number of likely N-dealkylation sites (N-methyl/N-ethyl adjacent to an activating group) is 1. The van der Waals surface area contributed by atoms with Crippen LogP contribution in [0.3, 0.4) is 0 Å². The van der Waals surface area contributed by atoms with Gasteiger partial charge >= 0.3 is 12.1 Å². The van der Waals surface area contributed by atoms with E-state index in [1.54, 1.807) is 7.05 Å². The Morgan fingerprint density at radius 2 is 1.54 bits per heavy atom. The van der Waals surface area contributed by atoms with Crippen molar-refractivity contribution in [1.29, 1.82) is 0 Å². The molecular weight excluding hydrogens is 452 g/mol. The highest BCUT2D eigenvalue weighted by Crippen LogP contribution is 2.44. The normalized spacial score (nSPS) is 25.1. The van der Waals surface area contributed by atoms with E-state index in [4.69, 9.17) is 14.2 Å². The summed E-state index contributed by atoms with van der Waals surface area (Å²) in [5.74, 6) is -2.75. The predicted octanol–water partition coefficient (Wildman–Crippen LogP) is 2.10. The van der Waals surface area contributed by atoms with Crippen molar-refractivity contribution in [2.75, 3.05) is 40.1 Å². The Balaban J connectivity index is 1.21. The molecule has 2 aromatic rings. The zero-order valence-electron chi connectivity index (χ0n) is 19.4. The molecule has 4 atom stereocenters. The Bertz CT molecular complexity index is 1090. The van der Waals surface area contributed by atoms with Gasteiger partial charge in [0, 0.05) is 13.0 Å². The highest BCUT2D eigenvalue weighted by molar-refractivity contribution is 5.82. The molecule has 0 saturated carbocycles. The van der Waals surface area contributed by atoms with E-state index in [1.807, 2.05) is 36.4 Å². The predicted molar refractivity (Wildman–Crippen MR) is 125 cm³/mol. The highest BCUT2D eigenvalue weighted by Gasteiger charge is 2.43. The van der Waals surface area contributed by atoms with E-state index in [2.05, 4.69) is 17.4 Å². The van der Waals surface area contributed by atoms with Crippen LogP contribution in [-0.2, 0) is 23.8 Å². The number of hydrogen-bond acceptors (Lipinski definition) is 6. The molecule has 4 unspecified atom stereocenters. The zero-order valence-corrected chi connectivity index (χ0v) is 19.4. The van der Waals surface area contributed by atoms with Gasteiger partial charge < -0.3 is 29.5 Å². The van der Waals surface area contributed by atoms with Crippen molar-refractivity contribution in [2.24, 2.45) is 11.8 Å². The van der Waals surface area contributed by atoms with Crippen LogP contribution in [0, 0.1) is 11.8 Å². The van der Waals surface area contributed by atoms with Crippen molar-refractivity contribution >= 4 is 18.0 Å². The van der Waals surface area contributed by atoms with Gasteiger partial charge in [0.25, 0.3) is 0 Å². The molecule has 0 bridgehead atoms. The standard InChI is InChI=1S/C26H28N2O7/c1-28(23-14-34-11-21(23)25(30)31)24(29)20-10-33-13-22(20)27-26(32)35-12-19-17-8-4-2-6-15(17)16-7-3-5-9-18(16)19/h2-9,19-23H,10-14H2,1H3,(H,27,32)(H,30,31). The van der Waals surface area contributed by atoms with Gasteiger partial charge in [0.2, 0.25) is 5.91 Å².